The van der Waals surface area contributed by atoms with E-state index in [9.17, 15) is 4.79 Å². The van der Waals surface area contributed by atoms with Crippen molar-refractivity contribution in [2.75, 3.05) is 7.11 Å². The van der Waals surface area contributed by atoms with Gasteiger partial charge in [-0.3, -0.25) is 0 Å². The maximum absolute atomic E-state index is 12.1. The Hall–Kier alpha value is -2.14. The number of halogens is 1. The third-order valence-corrected chi connectivity index (χ3v) is 5.33. The Morgan fingerprint density at radius 1 is 1.16 bits per heavy atom. The molecule has 5 heteroatoms. The van der Waals surface area contributed by atoms with Crippen molar-refractivity contribution in [1.29, 1.82) is 0 Å². The van der Waals surface area contributed by atoms with E-state index in [4.69, 9.17) is 9.72 Å². The van der Waals surface area contributed by atoms with Crippen LogP contribution in [-0.2, 0) is 11.8 Å². The lowest BCUT2D eigenvalue weighted by Gasteiger charge is -2.12. The number of aryl methyl sites for hydroxylation is 5. The fourth-order valence-corrected chi connectivity index (χ4v) is 4.53. The lowest BCUT2D eigenvalue weighted by molar-refractivity contribution is 0.0598. The smallest absolute Gasteiger partial charge is 0.340 e. The summed E-state index contributed by atoms with van der Waals surface area (Å²) in [7, 11) is 3.35. The standard InChI is InChI=1S/C20H21BrN2O2/c1-10-7-11(2)15(12(3)8-10)14-9-23(5)19-17(21)16(20(24)25-6)13(4)22-18(14)19/h7-9H,1-6H3. The minimum Gasteiger partial charge on any atom is -0.465 e. The van der Waals surface area contributed by atoms with Crippen LogP contribution < -0.4 is 0 Å². The normalized spacial score (nSPS) is 11.2. The Morgan fingerprint density at radius 2 is 1.76 bits per heavy atom. The van der Waals surface area contributed by atoms with Crippen LogP contribution in [0.3, 0.4) is 0 Å². The van der Waals surface area contributed by atoms with Crippen molar-refractivity contribution >= 4 is 32.9 Å². The highest BCUT2D eigenvalue weighted by molar-refractivity contribution is 9.10. The van der Waals surface area contributed by atoms with Crippen molar-refractivity contribution in [3.63, 3.8) is 0 Å². The Labute approximate surface area is 156 Å². The first-order chi connectivity index (χ1) is 11.8. The van der Waals surface area contributed by atoms with Gasteiger partial charge in [-0.25, -0.2) is 9.78 Å². The molecule has 130 valence electrons. The lowest BCUT2D eigenvalue weighted by atomic mass is 9.94. The molecule has 2 aromatic heterocycles. The average molecular weight is 401 g/mol. The Kier molecular flexibility index (Phi) is 4.45. The predicted molar refractivity (Wildman–Crippen MR) is 104 cm³/mol. The van der Waals surface area contributed by atoms with Crippen molar-refractivity contribution in [3.8, 4) is 11.1 Å². The minimum absolute atomic E-state index is 0.385. The van der Waals surface area contributed by atoms with Gasteiger partial charge in [0.25, 0.3) is 0 Å². The second-order valence-electron chi connectivity index (χ2n) is 6.50. The summed E-state index contributed by atoms with van der Waals surface area (Å²) in [6.07, 6.45) is 2.08. The second kappa shape index (κ2) is 6.30. The van der Waals surface area contributed by atoms with Crippen LogP contribution in [-0.4, -0.2) is 22.6 Å². The van der Waals surface area contributed by atoms with Crippen LogP contribution in [0.25, 0.3) is 22.2 Å². The summed E-state index contributed by atoms with van der Waals surface area (Å²) in [4.78, 5) is 16.9. The Morgan fingerprint density at radius 3 is 2.32 bits per heavy atom. The van der Waals surface area contributed by atoms with E-state index in [0.29, 0.717) is 11.3 Å². The van der Waals surface area contributed by atoms with E-state index in [-0.39, 0.29) is 5.97 Å². The molecule has 0 aliphatic rings. The number of fused-ring (bicyclic) bond motifs is 1. The molecule has 0 N–H and O–H groups in total. The van der Waals surface area contributed by atoms with Gasteiger partial charge in [-0.05, 0) is 60.3 Å². The molecular formula is C20H21BrN2O2. The largest absolute Gasteiger partial charge is 0.465 e. The molecule has 0 aliphatic carbocycles. The number of pyridine rings is 1. The number of esters is 1. The van der Waals surface area contributed by atoms with Gasteiger partial charge in [-0.15, -0.1) is 0 Å². The second-order valence-corrected chi connectivity index (χ2v) is 7.30. The fraction of sp³-hybridized carbons (Fsp3) is 0.300. The molecule has 4 nitrogen and oxygen atoms in total. The number of hydrogen-bond donors (Lipinski definition) is 0. The number of nitrogens with zero attached hydrogens (tertiary/aromatic N) is 2. The van der Waals surface area contributed by atoms with Crippen LogP contribution >= 0.6 is 15.9 Å². The van der Waals surface area contributed by atoms with Gasteiger partial charge in [-0.2, -0.15) is 0 Å². The zero-order chi connectivity index (χ0) is 18.5. The molecule has 2 heterocycles. The molecule has 3 rings (SSSR count). The van der Waals surface area contributed by atoms with Crippen molar-refractivity contribution in [2.24, 2.45) is 7.05 Å². The summed E-state index contributed by atoms with van der Waals surface area (Å²) in [5, 5.41) is 0. The maximum atomic E-state index is 12.1. The van der Waals surface area contributed by atoms with E-state index in [1.165, 1.54) is 29.4 Å². The molecule has 0 spiro atoms. The van der Waals surface area contributed by atoms with Gasteiger partial charge in [0, 0.05) is 18.8 Å². The summed E-state index contributed by atoms with van der Waals surface area (Å²) in [6.45, 7) is 8.19. The molecule has 0 aliphatic heterocycles. The zero-order valence-corrected chi connectivity index (χ0v) is 16.9. The molecule has 1 aromatic carbocycles. The minimum atomic E-state index is -0.385. The van der Waals surface area contributed by atoms with Crippen LogP contribution in [0.4, 0.5) is 0 Å². The number of aromatic nitrogens is 2. The quantitative estimate of drug-likeness (QED) is 0.567. The third-order valence-electron chi connectivity index (χ3n) is 4.56. The van der Waals surface area contributed by atoms with E-state index in [2.05, 4.69) is 55.0 Å². The molecule has 0 saturated carbocycles. The van der Waals surface area contributed by atoms with Crippen LogP contribution in [0.15, 0.2) is 22.8 Å². The zero-order valence-electron chi connectivity index (χ0n) is 15.3. The van der Waals surface area contributed by atoms with Gasteiger partial charge >= 0.3 is 5.97 Å². The number of benzene rings is 1. The van der Waals surface area contributed by atoms with E-state index >= 15 is 0 Å². The molecule has 0 atom stereocenters. The molecule has 0 amide bonds. The SMILES string of the molecule is COC(=O)c1c(C)nc2c(-c3c(C)cc(C)cc3C)cn(C)c2c1Br. The van der Waals surface area contributed by atoms with Crippen molar-refractivity contribution in [1.82, 2.24) is 9.55 Å². The van der Waals surface area contributed by atoms with Gasteiger partial charge in [0.1, 0.15) is 0 Å². The first-order valence-electron chi connectivity index (χ1n) is 8.08. The summed E-state index contributed by atoms with van der Waals surface area (Å²) >= 11 is 3.60. The number of carbonyl (C=O) groups is 1. The monoisotopic (exact) mass is 400 g/mol. The summed E-state index contributed by atoms with van der Waals surface area (Å²) in [6, 6.07) is 4.37. The number of hydrogen-bond acceptors (Lipinski definition) is 3. The topological polar surface area (TPSA) is 44.1 Å². The fourth-order valence-electron chi connectivity index (χ4n) is 3.61. The highest BCUT2D eigenvalue weighted by Crippen LogP contribution is 2.38. The molecule has 0 fully saturated rings. The molecule has 0 unspecified atom stereocenters. The van der Waals surface area contributed by atoms with Crippen molar-refractivity contribution in [3.05, 3.63) is 50.8 Å². The van der Waals surface area contributed by atoms with Crippen LogP contribution in [0.5, 0.6) is 0 Å². The first-order valence-corrected chi connectivity index (χ1v) is 8.87. The van der Waals surface area contributed by atoms with E-state index in [1.807, 2.05) is 18.5 Å². The van der Waals surface area contributed by atoms with E-state index in [0.717, 1.165) is 21.1 Å². The van der Waals surface area contributed by atoms with Gasteiger partial charge in [0.2, 0.25) is 0 Å². The summed E-state index contributed by atoms with van der Waals surface area (Å²) < 4.78 is 7.64. The molecule has 0 bridgehead atoms. The Balaban J connectivity index is 2.40. The number of methoxy groups -OCH3 is 1. The molecular weight excluding hydrogens is 380 g/mol. The number of rotatable bonds is 2. The van der Waals surface area contributed by atoms with Crippen molar-refractivity contribution < 1.29 is 9.53 Å². The molecule has 0 saturated heterocycles. The first kappa shape index (κ1) is 17.7. The van der Waals surface area contributed by atoms with Gasteiger partial charge in [0.05, 0.1) is 33.9 Å². The van der Waals surface area contributed by atoms with Crippen LogP contribution in [0, 0.1) is 27.7 Å². The highest BCUT2D eigenvalue weighted by atomic mass is 79.9. The predicted octanol–water partition coefficient (Wildman–Crippen LogP) is 5.02. The van der Waals surface area contributed by atoms with E-state index < -0.39 is 0 Å². The number of ether oxygens (including phenoxy) is 1. The van der Waals surface area contributed by atoms with Gasteiger partial charge in [-0.1, -0.05) is 17.7 Å². The highest BCUT2D eigenvalue weighted by Gasteiger charge is 2.23. The number of carbonyl (C=O) groups excluding carboxylic acids is 1. The van der Waals surface area contributed by atoms with Gasteiger partial charge < -0.3 is 9.30 Å². The van der Waals surface area contributed by atoms with Crippen LogP contribution in [0.1, 0.15) is 32.7 Å². The summed E-state index contributed by atoms with van der Waals surface area (Å²) in [5.41, 5.74) is 8.86. The molecule has 3 aromatic rings. The average Bonchev–Trinajstić information content (AvgIpc) is 2.82. The molecule has 25 heavy (non-hydrogen) atoms. The van der Waals surface area contributed by atoms with Crippen LogP contribution in [0.2, 0.25) is 0 Å². The Bertz CT molecular complexity index is 995. The van der Waals surface area contributed by atoms with E-state index in [1.54, 1.807) is 0 Å². The van der Waals surface area contributed by atoms with Gasteiger partial charge in [0.15, 0.2) is 0 Å². The third kappa shape index (κ3) is 2.76. The lowest BCUT2D eigenvalue weighted by Crippen LogP contribution is -2.07. The molecule has 0 radical (unpaired) electrons. The summed E-state index contributed by atoms with van der Waals surface area (Å²) in [5.74, 6) is -0.385. The van der Waals surface area contributed by atoms with Crippen molar-refractivity contribution in [2.45, 2.75) is 27.7 Å². The maximum Gasteiger partial charge on any atom is 0.340 e.